The Hall–Kier alpha value is -0.860. The van der Waals surface area contributed by atoms with Crippen LogP contribution in [0.4, 0.5) is 0 Å². The van der Waals surface area contributed by atoms with Gasteiger partial charge in [-0.05, 0) is 54.6 Å². The molecule has 0 aliphatic rings. The molecular weight excluding hydrogens is 238 g/mol. The van der Waals surface area contributed by atoms with Crippen molar-refractivity contribution in [2.45, 2.75) is 39.2 Å². The van der Waals surface area contributed by atoms with Crippen molar-refractivity contribution in [3.63, 3.8) is 0 Å². The zero-order valence-electron chi connectivity index (χ0n) is 11.6. The molecule has 1 atom stereocenters. The lowest BCUT2D eigenvalue weighted by Gasteiger charge is -2.18. The minimum Gasteiger partial charge on any atom is -0.317 e. The predicted molar refractivity (Wildman–Crippen MR) is 82.4 cm³/mol. The highest BCUT2D eigenvalue weighted by Gasteiger charge is 2.10. The minimum absolute atomic E-state index is 0.642. The number of hydrogen-bond acceptors (Lipinski definition) is 2. The van der Waals surface area contributed by atoms with Crippen molar-refractivity contribution in [2.24, 2.45) is 5.92 Å². The lowest BCUT2D eigenvalue weighted by atomic mass is 9.97. The molecule has 1 N–H and O–H groups in total. The van der Waals surface area contributed by atoms with E-state index in [1.807, 2.05) is 11.3 Å². The van der Waals surface area contributed by atoms with E-state index in [0.29, 0.717) is 6.04 Å². The molecule has 1 heterocycles. The Kier molecular flexibility index (Phi) is 4.79. The van der Waals surface area contributed by atoms with Crippen molar-refractivity contribution in [1.82, 2.24) is 5.32 Å². The summed E-state index contributed by atoms with van der Waals surface area (Å²) in [7, 11) is 2.08. The molecule has 0 aliphatic heterocycles. The van der Waals surface area contributed by atoms with Crippen molar-refractivity contribution in [2.75, 3.05) is 7.05 Å². The second-order valence-electron chi connectivity index (χ2n) is 5.41. The average molecular weight is 261 g/mol. The van der Waals surface area contributed by atoms with Crippen molar-refractivity contribution in [1.29, 1.82) is 0 Å². The lowest BCUT2D eigenvalue weighted by molar-refractivity contribution is 0.422. The molecule has 0 saturated heterocycles. The summed E-state index contributed by atoms with van der Waals surface area (Å²) in [4.78, 5) is 0. The summed E-state index contributed by atoms with van der Waals surface area (Å²) in [5.41, 5.74) is 1.51. The van der Waals surface area contributed by atoms with E-state index in [4.69, 9.17) is 0 Å². The molecule has 2 aromatic rings. The Labute approximate surface area is 114 Å². The van der Waals surface area contributed by atoms with Crippen LogP contribution in [-0.4, -0.2) is 13.1 Å². The van der Waals surface area contributed by atoms with Crippen molar-refractivity contribution >= 4 is 21.4 Å². The van der Waals surface area contributed by atoms with E-state index >= 15 is 0 Å². The molecule has 98 valence electrons. The summed E-state index contributed by atoms with van der Waals surface area (Å²) in [6, 6.07) is 9.37. The number of thiophene rings is 1. The second kappa shape index (κ2) is 6.35. The van der Waals surface area contributed by atoms with Gasteiger partial charge >= 0.3 is 0 Å². The van der Waals surface area contributed by atoms with Gasteiger partial charge in [0.2, 0.25) is 0 Å². The van der Waals surface area contributed by atoms with Crippen LogP contribution < -0.4 is 5.32 Å². The maximum Gasteiger partial charge on any atom is 0.0345 e. The monoisotopic (exact) mass is 261 g/mol. The van der Waals surface area contributed by atoms with Crippen LogP contribution in [0.5, 0.6) is 0 Å². The molecule has 0 radical (unpaired) electrons. The maximum atomic E-state index is 3.45. The molecule has 1 aromatic heterocycles. The maximum absolute atomic E-state index is 3.45. The van der Waals surface area contributed by atoms with Gasteiger partial charge in [-0.25, -0.2) is 0 Å². The van der Waals surface area contributed by atoms with E-state index in [1.165, 1.54) is 34.9 Å². The quantitative estimate of drug-likeness (QED) is 0.809. The first-order valence-electron chi connectivity index (χ1n) is 6.83. The van der Waals surface area contributed by atoms with Gasteiger partial charge in [-0.2, -0.15) is 0 Å². The summed E-state index contributed by atoms with van der Waals surface area (Å²) < 4.78 is 1.41. The molecule has 0 amide bonds. The van der Waals surface area contributed by atoms with E-state index in [1.54, 1.807) is 0 Å². The van der Waals surface area contributed by atoms with Crippen LogP contribution in [0, 0.1) is 5.92 Å². The van der Waals surface area contributed by atoms with Gasteiger partial charge < -0.3 is 5.32 Å². The van der Waals surface area contributed by atoms with Crippen LogP contribution in [0.2, 0.25) is 0 Å². The van der Waals surface area contributed by atoms with Gasteiger partial charge in [0.15, 0.2) is 0 Å². The number of hydrogen-bond donors (Lipinski definition) is 1. The van der Waals surface area contributed by atoms with Gasteiger partial charge in [0, 0.05) is 10.7 Å². The molecule has 1 aromatic carbocycles. The Bertz CT molecular complexity index is 487. The Morgan fingerprint density at radius 3 is 2.72 bits per heavy atom. The third kappa shape index (κ3) is 3.33. The molecule has 18 heavy (non-hydrogen) atoms. The van der Waals surface area contributed by atoms with Crippen LogP contribution in [0.25, 0.3) is 10.1 Å². The smallest absolute Gasteiger partial charge is 0.0345 e. The normalized spacial score (nSPS) is 13.3. The number of benzene rings is 1. The molecule has 0 spiro atoms. The van der Waals surface area contributed by atoms with Crippen LogP contribution in [-0.2, 0) is 6.42 Å². The van der Waals surface area contributed by atoms with Crippen LogP contribution >= 0.6 is 11.3 Å². The highest BCUT2D eigenvalue weighted by Crippen LogP contribution is 2.27. The first-order chi connectivity index (χ1) is 8.70. The summed E-state index contributed by atoms with van der Waals surface area (Å²) in [6.07, 6.45) is 3.68. The van der Waals surface area contributed by atoms with Crippen LogP contribution in [0.3, 0.4) is 0 Å². The highest BCUT2D eigenvalue weighted by molar-refractivity contribution is 7.17. The molecule has 1 unspecified atom stereocenters. The van der Waals surface area contributed by atoms with E-state index in [9.17, 15) is 0 Å². The van der Waals surface area contributed by atoms with Gasteiger partial charge in [0.05, 0.1) is 0 Å². The van der Waals surface area contributed by atoms with E-state index in [0.717, 1.165) is 5.92 Å². The molecule has 1 nitrogen and oxygen atoms in total. The van der Waals surface area contributed by atoms with Crippen LogP contribution in [0.1, 0.15) is 32.3 Å². The van der Waals surface area contributed by atoms with E-state index in [2.05, 4.69) is 55.9 Å². The minimum atomic E-state index is 0.642. The molecular formula is C16H23NS. The predicted octanol–water partition coefficient (Wildman–Crippen LogP) is 4.47. The average Bonchev–Trinajstić information content (AvgIpc) is 2.77. The molecule has 2 rings (SSSR count). The number of aryl methyl sites for hydroxylation is 1. The van der Waals surface area contributed by atoms with Gasteiger partial charge in [0.1, 0.15) is 0 Å². The number of nitrogens with one attached hydrogen (secondary N) is 1. The summed E-state index contributed by atoms with van der Waals surface area (Å²) >= 11 is 1.87. The Morgan fingerprint density at radius 1 is 1.22 bits per heavy atom. The number of fused-ring (bicyclic) bond motifs is 1. The molecule has 0 fully saturated rings. The Balaban J connectivity index is 2.01. The summed E-state index contributed by atoms with van der Waals surface area (Å²) in [5.74, 6) is 0.765. The first-order valence-corrected chi connectivity index (χ1v) is 7.71. The van der Waals surface area contributed by atoms with Gasteiger partial charge in [-0.15, -0.1) is 11.3 Å². The summed E-state index contributed by atoms with van der Waals surface area (Å²) in [6.45, 7) is 4.59. The fourth-order valence-corrected chi connectivity index (χ4v) is 3.50. The zero-order valence-corrected chi connectivity index (χ0v) is 12.4. The first kappa shape index (κ1) is 13.6. The third-order valence-corrected chi connectivity index (χ3v) is 4.50. The number of rotatable bonds is 6. The highest BCUT2D eigenvalue weighted by atomic mass is 32.1. The SMILES string of the molecule is CNC(CCc1csc2ccccc12)CC(C)C. The van der Waals surface area contributed by atoms with Crippen molar-refractivity contribution < 1.29 is 0 Å². The molecule has 0 saturated carbocycles. The van der Waals surface area contributed by atoms with E-state index in [-0.39, 0.29) is 0 Å². The fraction of sp³-hybridized carbons (Fsp3) is 0.500. The lowest BCUT2D eigenvalue weighted by Crippen LogP contribution is -2.27. The van der Waals surface area contributed by atoms with Crippen molar-refractivity contribution in [3.05, 3.63) is 35.2 Å². The molecule has 0 aliphatic carbocycles. The van der Waals surface area contributed by atoms with Gasteiger partial charge in [0.25, 0.3) is 0 Å². The zero-order chi connectivity index (χ0) is 13.0. The van der Waals surface area contributed by atoms with Crippen LogP contribution in [0.15, 0.2) is 29.6 Å². The fourth-order valence-electron chi connectivity index (χ4n) is 2.51. The molecule has 0 bridgehead atoms. The molecule has 2 heteroatoms. The topological polar surface area (TPSA) is 12.0 Å². The van der Waals surface area contributed by atoms with Gasteiger partial charge in [-0.1, -0.05) is 32.0 Å². The third-order valence-electron chi connectivity index (χ3n) is 3.49. The van der Waals surface area contributed by atoms with E-state index < -0.39 is 0 Å². The largest absolute Gasteiger partial charge is 0.317 e. The standard InChI is InChI=1S/C16H23NS/c1-12(2)10-14(17-3)9-8-13-11-18-16-7-5-4-6-15(13)16/h4-7,11-12,14,17H,8-10H2,1-3H3. The second-order valence-corrected chi connectivity index (χ2v) is 6.32. The Morgan fingerprint density at radius 2 is 2.00 bits per heavy atom. The van der Waals surface area contributed by atoms with Gasteiger partial charge in [-0.3, -0.25) is 0 Å². The van der Waals surface area contributed by atoms with Crippen molar-refractivity contribution in [3.8, 4) is 0 Å². The summed E-state index contributed by atoms with van der Waals surface area (Å²) in [5, 5.41) is 7.22.